The number of anilines is 4. The SMILES string of the molecule is CC(CC(=O)NCCCNc1nc(Nc2cccc(NC(=O)N3CCCC3)c2)ncc1Br)c1ccccc1. The molecular weight excluding hydrogens is 546 g/mol. The molecule has 0 aliphatic carbocycles. The molecule has 10 heteroatoms. The van der Waals surface area contributed by atoms with E-state index in [0.29, 0.717) is 37.0 Å². The third-order valence-corrected chi connectivity index (χ3v) is 6.92. The van der Waals surface area contributed by atoms with Crippen molar-refractivity contribution in [2.45, 2.75) is 38.5 Å². The number of urea groups is 1. The van der Waals surface area contributed by atoms with Crippen molar-refractivity contribution in [1.82, 2.24) is 20.2 Å². The fourth-order valence-corrected chi connectivity index (χ4v) is 4.58. The lowest BCUT2D eigenvalue weighted by atomic mass is 9.98. The number of carbonyl (C=O) groups excluding carboxylic acids is 2. The lowest BCUT2D eigenvalue weighted by molar-refractivity contribution is -0.121. The number of nitrogens with one attached hydrogen (secondary N) is 4. The highest BCUT2D eigenvalue weighted by molar-refractivity contribution is 9.10. The third-order valence-electron chi connectivity index (χ3n) is 6.34. The van der Waals surface area contributed by atoms with Crippen LogP contribution < -0.4 is 21.3 Å². The van der Waals surface area contributed by atoms with Gasteiger partial charge in [0, 0.05) is 50.2 Å². The number of rotatable bonds is 11. The van der Waals surface area contributed by atoms with Crippen LogP contribution >= 0.6 is 15.9 Å². The average molecular weight is 581 g/mol. The molecule has 1 aromatic heterocycles. The van der Waals surface area contributed by atoms with Crippen molar-refractivity contribution in [3.8, 4) is 0 Å². The van der Waals surface area contributed by atoms with Crippen LogP contribution in [0.2, 0.25) is 0 Å². The van der Waals surface area contributed by atoms with Crippen molar-refractivity contribution in [2.24, 2.45) is 0 Å². The Morgan fingerprint density at radius 3 is 2.58 bits per heavy atom. The molecule has 38 heavy (non-hydrogen) atoms. The molecule has 3 amide bonds. The first-order valence-corrected chi connectivity index (χ1v) is 13.8. The first kappa shape index (κ1) is 27.4. The molecule has 1 atom stereocenters. The van der Waals surface area contributed by atoms with Gasteiger partial charge in [-0.1, -0.05) is 43.3 Å². The van der Waals surface area contributed by atoms with E-state index in [1.165, 1.54) is 5.56 Å². The van der Waals surface area contributed by atoms with Crippen LogP contribution in [0.5, 0.6) is 0 Å². The normalized spacial score (nSPS) is 13.6. The molecule has 0 saturated carbocycles. The zero-order valence-electron chi connectivity index (χ0n) is 21.5. The van der Waals surface area contributed by atoms with Gasteiger partial charge in [0.1, 0.15) is 5.82 Å². The molecule has 4 N–H and O–H groups in total. The first-order valence-electron chi connectivity index (χ1n) is 13.0. The second kappa shape index (κ2) is 13.8. The maximum absolute atomic E-state index is 12.4. The van der Waals surface area contributed by atoms with Gasteiger partial charge in [-0.2, -0.15) is 4.98 Å². The summed E-state index contributed by atoms with van der Waals surface area (Å²) in [6, 6.07) is 17.5. The second-order valence-corrected chi connectivity index (χ2v) is 10.2. The summed E-state index contributed by atoms with van der Waals surface area (Å²) in [6.07, 6.45) is 5.00. The Kier molecular flexibility index (Phi) is 9.91. The highest BCUT2D eigenvalue weighted by Gasteiger charge is 2.18. The highest BCUT2D eigenvalue weighted by atomic mass is 79.9. The van der Waals surface area contributed by atoms with E-state index in [1.807, 2.05) is 47.4 Å². The number of benzene rings is 2. The van der Waals surface area contributed by atoms with Gasteiger partial charge in [0.05, 0.1) is 4.47 Å². The minimum Gasteiger partial charge on any atom is -0.369 e. The molecule has 1 saturated heterocycles. The molecule has 200 valence electrons. The molecule has 3 aromatic rings. The van der Waals surface area contributed by atoms with E-state index in [0.717, 1.165) is 42.5 Å². The number of halogens is 1. The fourth-order valence-electron chi connectivity index (χ4n) is 4.25. The molecule has 9 nitrogen and oxygen atoms in total. The van der Waals surface area contributed by atoms with Crippen LogP contribution in [0.3, 0.4) is 0 Å². The predicted molar refractivity (Wildman–Crippen MR) is 155 cm³/mol. The first-order chi connectivity index (χ1) is 18.5. The van der Waals surface area contributed by atoms with Gasteiger partial charge in [-0.15, -0.1) is 0 Å². The number of likely N-dealkylation sites (tertiary alicyclic amines) is 1. The van der Waals surface area contributed by atoms with Gasteiger partial charge < -0.3 is 26.2 Å². The van der Waals surface area contributed by atoms with E-state index in [1.54, 1.807) is 6.20 Å². The van der Waals surface area contributed by atoms with E-state index in [-0.39, 0.29) is 17.9 Å². The summed E-state index contributed by atoms with van der Waals surface area (Å²) in [4.78, 5) is 35.4. The van der Waals surface area contributed by atoms with Crippen molar-refractivity contribution in [2.75, 3.05) is 42.1 Å². The van der Waals surface area contributed by atoms with Gasteiger partial charge in [0.15, 0.2) is 0 Å². The quantitative estimate of drug-likeness (QED) is 0.216. The summed E-state index contributed by atoms with van der Waals surface area (Å²) in [6.45, 7) is 4.88. The molecule has 2 aromatic carbocycles. The van der Waals surface area contributed by atoms with E-state index >= 15 is 0 Å². The van der Waals surface area contributed by atoms with Crippen molar-refractivity contribution >= 4 is 51.0 Å². The van der Waals surface area contributed by atoms with Crippen molar-refractivity contribution < 1.29 is 9.59 Å². The molecule has 0 spiro atoms. The molecular formula is C28H34BrN7O2. The van der Waals surface area contributed by atoms with Crippen molar-refractivity contribution in [3.05, 3.63) is 70.8 Å². The van der Waals surface area contributed by atoms with Crippen LogP contribution in [0.1, 0.15) is 44.1 Å². The van der Waals surface area contributed by atoms with Gasteiger partial charge >= 0.3 is 6.03 Å². The Balaban J connectivity index is 1.22. The Bertz CT molecular complexity index is 1220. The molecule has 0 bridgehead atoms. The topological polar surface area (TPSA) is 111 Å². The zero-order chi connectivity index (χ0) is 26.7. The number of hydrogen-bond donors (Lipinski definition) is 4. The Morgan fingerprint density at radius 2 is 1.79 bits per heavy atom. The molecule has 1 fully saturated rings. The standard InChI is InChI=1S/C28H34BrN7O2/c1-20(21-9-3-2-4-10-21)17-25(37)30-13-8-14-31-26-24(29)19-32-27(35-26)33-22-11-7-12-23(18-22)34-28(38)36-15-5-6-16-36/h2-4,7,9-12,18-20H,5-6,8,13-17H2,1H3,(H,30,37)(H,34,38)(H2,31,32,33,35). The van der Waals surface area contributed by atoms with Gasteiger partial charge in [-0.05, 0) is 64.9 Å². The molecule has 1 unspecified atom stereocenters. The molecule has 0 radical (unpaired) electrons. The van der Waals surface area contributed by atoms with Gasteiger partial charge in [0.2, 0.25) is 11.9 Å². The molecule has 2 heterocycles. The summed E-state index contributed by atoms with van der Waals surface area (Å²) in [7, 11) is 0. The summed E-state index contributed by atoms with van der Waals surface area (Å²) in [5.74, 6) is 1.32. The minimum atomic E-state index is -0.0760. The molecule has 1 aliphatic heterocycles. The van der Waals surface area contributed by atoms with E-state index in [2.05, 4.69) is 66.2 Å². The van der Waals surface area contributed by atoms with Crippen LogP contribution in [0.4, 0.5) is 27.9 Å². The summed E-state index contributed by atoms with van der Waals surface area (Å²) < 4.78 is 0.746. The Hall–Kier alpha value is -3.66. The molecule has 4 rings (SSSR count). The number of hydrogen-bond acceptors (Lipinski definition) is 6. The maximum atomic E-state index is 12.4. The van der Waals surface area contributed by atoms with Crippen LogP contribution in [0, 0.1) is 0 Å². The van der Waals surface area contributed by atoms with Gasteiger partial charge in [-0.3, -0.25) is 4.79 Å². The van der Waals surface area contributed by atoms with E-state index in [9.17, 15) is 9.59 Å². The van der Waals surface area contributed by atoms with Gasteiger partial charge in [-0.25, -0.2) is 9.78 Å². The highest BCUT2D eigenvalue weighted by Crippen LogP contribution is 2.24. The zero-order valence-corrected chi connectivity index (χ0v) is 23.1. The molecule has 1 aliphatic rings. The van der Waals surface area contributed by atoms with Crippen LogP contribution in [0.25, 0.3) is 0 Å². The van der Waals surface area contributed by atoms with Crippen LogP contribution in [-0.4, -0.2) is 53.0 Å². The number of nitrogens with zero attached hydrogens (tertiary/aromatic N) is 3. The second-order valence-electron chi connectivity index (χ2n) is 9.37. The predicted octanol–water partition coefficient (Wildman–Crippen LogP) is 5.72. The number of aromatic nitrogens is 2. The Morgan fingerprint density at radius 1 is 1.03 bits per heavy atom. The smallest absolute Gasteiger partial charge is 0.321 e. The van der Waals surface area contributed by atoms with Crippen molar-refractivity contribution in [3.63, 3.8) is 0 Å². The maximum Gasteiger partial charge on any atom is 0.321 e. The largest absolute Gasteiger partial charge is 0.369 e. The monoisotopic (exact) mass is 579 g/mol. The summed E-state index contributed by atoms with van der Waals surface area (Å²) in [5, 5.41) is 12.4. The lowest BCUT2D eigenvalue weighted by Gasteiger charge is -2.16. The Labute approximate surface area is 232 Å². The fraction of sp³-hybridized carbons (Fsp3) is 0.357. The van der Waals surface area contributed by atoms with Crippen LogP contribution in [0.15, 0.2) is 65.3 Å². The minimum absolute atomic E-state index is 0.0508. The van der Waals surface area contributed by atoms with E-state index < -0.39 is 0 Å². The lowest BCUT2D eigenvalue weighted by Crippen LogP contribution is -2.32. The number of amides is 3. The number of carbonyl (C=O) groups is 2. The third kappa shape index (κ3) is 8.17. The summed E-state index contributed by atoms with van der Waals surface area (Å²) >= 11 is 3.49. The summed E-state index contributed by atoms with van der Waals surface area (Å²) in [5.41, 5.74) is 2.65. The average Bonchev–Trinajstić information content (AvgIpc) is 3.46. The van der Waals surface area contributed by atoms with Crippen LogP contribution in [-0.2, 0) is 4.79 Å². The van der Waals surface area contributed by atoms with E-state index in [4.69, 9.17) is 0 Å². The van der Waals surface area contributed by atoms with Gasteiger partial charge in [0.25, 0.3) is 0 Å². The van der Waals surface area contributed by atoms with Crippen molar-refractivity contribution in [1.29, 1.82) is 0 Å².